The van der Waals surface area contributed by atoms with E-state index in [0.717, 1.165) is 12.6 Å². The molecule has 1 saturated heterocycles. The van der Waals surface area contributed by atoms with Crippen LogP contribution in [0.4, 0.5) is 0 Å². The Balaban J connectivity index is 2.35. The van der Waals surface area contributed by atoms with Crippen LogP contribution in [0.3, 0.4) is 0 Å². The molecule has 0 bridgehead atoms. The first-order valence-corrected chi connectivity index (χ1v) is 6.29. The number of hydrogen-bond acceptors (Lipinski definition) is 3. The maximum atomic E-state index is 5.86. The van der Waals surface area contributed by atoms with E-state index < -0.39 is 0 Å². The van der Waals surface area contributed by atoms with Gasteiger partial charge in [0, 0.05) is 31.7 Å². The number of rotatable bonds is 6. The van der Waals surface area contributed by atoms with E-state index in [1.165, 1.54) is 38.8 Å². The fraction of sp³-hybridized carbons (Fsp3) is 1.00. The topological polar surface area (TPSA) is 32.5 Å². The van der Waals surface area contributed by atoms with Crippen LogP contribution in [0.2, 0.25) is 0 Å². The van der Waals surface area contributed by atoms with Crippen LogP contribution in [0.25, 0.3) is 0 Å². The van der Waals surface area contributed by atoms with Gasteiger partial charge in [-0.2, -0.15) is 0 Å². The summed E-state index contributed by atoms with van der Waals surface area (Å²) in [5.74, 6) is 0. The van der Waals surface area contributed by atoms with Crippen LogP contribution in [0.5, 0.6) is 0 Å². The summed E-state index contributed by atoms with van der Waals surface area (Å²) in [6, 6.07) is 1.36. The molecular formula is C12H27N3. The summed E-state index contributed by atoms with van der Waals surface area (Å²) < 4.78 is 0. The van der Waals surface area contributed by atoms with Crippen LogP contribution in [0.1, 0.15) is 32.6 Å². The van der Waals surface area contributed by atoms with Crippen LogP contribution < -0.4 is 5.73 Å². The van der Waals surface area contributed by atoms with Crippen molar-refractivity contribution in [2.75, 3.05) is 33.7 Å². The Kier molecular flexibility index (Phi) is 5.58. The van der Waals surface area contributed by atoms with Gasteiger partial charge in [-0.25, -0.2) is 0 Å². The number of hydrogen-bond donors (Lipinski definition) is 1. The molecule has 1 aliphatic heterocycles. The molecule has 2 unspecified atom stereocenters. The van der Waals surface area contributed by atoms with Crippen molar-refractivity contribution in [1.29, 1.82) is 0 Å². The predicted molar refractivity (Wildman–Crippen MR) is 66.0 cm³/mol. The van der Waals surface area contributed by atoms with E-state index in [-0.39, 0.29) is 0 Å². The van der Waals surface area contributed by atoms with Gasteiger partial charge in [0.1, 0.15) is 0 Å². The van der Waals surface area contributed by atoms with E-state index in [1.807, 2.05) is 0 Å². The Morgan fingerprint density at radius 1 is 1.47 bits per heavy atom. The van der Waals surface area contributed by atoms with Gasteiger partial charge >= 0.3 is 0 Å². The monoisotopic (exact) mass is 213 g/mol. The third-order valence-electron chi connectivity index (χ3n) is 3.60. The highest BCUT2D eigenvalue weighted by molar-refractivity contribution is 4.85. The minimum Gasteiger partial charge on any atom is -0.329 e. The average molecular weight is 213 g/mol. The van der Waals surface area contributed by atoms with Gasteiger partial charge in [0.25, 0.3) is 0 Å². The van der Waals surface area contributed by atoms with Crippen LogP contribution in [-0.2, 0) is 0 Å². The van der Waals surface area contributed by atoms with E-state index in [2.05, 4.69) is 30.8 Å². The minimum absolute atomic E-state index is 0.620. The lowest BCUT2D eigenvalue weighted by Crippen LogP contribution is -2.41. The van der Waals surface area contributed by atoms with Crippen molar-refractivity contribution in [2.24, 2.45) is 5.73 Å². The quantitative estimate of drug-likeness (QED) is 0.718. The first-order valence-electron chi connectivity index (χ1n) is 6.29. The van der Waals surface area contributed by atoms with E-state index in [0.29, 0.717) is 6.04 Å². The van der Waals surface area contributed by atoms with Crippen molar-refractivity contribution in [3.8, 4) is 0 Å². The molecule has 0 spiro atoms. The van der Waals surface area contributed by atoms with E-state index in [4.69, 9.17) is 5.73 Å². The molecule has 0 aromatic heterocycles. The molecule has 0 saturated carbocycles. The molecule has 3 heteroatoms. The van der Waals surface area contributed by atoms with Crippen molar-refractivity contribution < 1.29 is 0 Å². The first-order chi connectivity index (χ1) is 7.19. The Morgan fingerprint density at radius 3 is 2.67 bits per heavy atom. The second-order valence-corrected chi connectivity index (χ2v) is 4.93. The molecule has 1 heterocycles. The van der Waals surface area contributed by atoms with Gasteiger partial charge in [-0.1, -0.05) is 19.8 Å². The van der Waals surface area contributed by atoms with Gasteiger partial charge in [-0.05, 0) is 26.9 Å². The average Bonchev–Trinajstić information content (AvgIpc) is 2.68. The molecule has 0 radical (unpaired) electrons. The van der Waals surface area contributed by atoms with Crippen molar-refractivity contribution in [1.82, 2.24) is 9.80 Å². The zero-order valence-electron chi connectivity index (χ0n) is 10.6. The second-order valence-electron chi connectivity index (χ2n) is 4.93. The molecule has 1 aliphatic rings. The summed E-state index contributed by atoms with van der Waals surface area (Å²) in [6.07, 6.45) is 5.16. The lowest BCUT2D eigenvalue weighted by Gasteiger charge is -2.27. The molecule has 0 amide bonds. The molecular weight excluding hydrogens is 186 g/mol. The molecule has 15 heavy (non-hydrogen) atoms. The molecule has 0 aromatic rings. The highest BCUT2D eigenvalue weighted by atomic mass is 15.2. The zero-order chi connectivity index (χ0) is 11.3. The summed E-state index contributed by atoms with van der Waals surface area (Å²) in [5.41, 5.74) is 5.86. The summed E-state index contributed by atoms with van der Waals surface area (Å²) in [4.78, 5) is 4.92. The van der Waals surface area contributed by atoms with Crippen LogP contribution in [0.15, 0.2) is 0 Å². The first kappa shape index (κ1) is 12.9. The number of nitrogens with two attached hydrogens (primary N) is 1. The molecule has 2 N–H and O–H groups in total. The van der Waals surface area contributed by atoms with E-state index >= 15 is 0 Å². The fourth-order valence-electron chi connectivity index (χ4n) is 2.41. The predicted octanol–water partition coefficient (Wildman–Crippen LogP) is 1.14. The lowest BCUT2D eigenvalue weighted by molar-refractivity contribution is 0.208. The molecule has 2 atom stereocenters. The Bertz CT molecular complexity index is 170. The van der Waals surface area contributed by atoms with Gasteiger partial charge < -0.3 is 10.6 Å². The van der Waals surface area contributed by atoms with Crippen molar-refractivity contribution >= 4 is 0 Å². The van der Waals surface area contributed by atoms with Gasteiger partial charge in [0.2, 0.25) is 0 Å². The Hall–Kier alpha value is -0.120. The Morgan fingerprint density at radius 2 is 2.20 bits per heavy atom. The van der Waals surface area contributed by atoms with Crippen molar-refractivity contribution in [2.45, 2.75) is 44.7 Å². The highest BCUT2D eigenvalue weighted by Gasteiger charge is 2.27. The number of nitrogens with zero attached hydrogens (tertiary/aromatic N) is 2. The van der Waals surface area contributed by atoms with Crippen molar-refractivity contribution in [3.05, 3.63) is 0 Å². The molecule has 3 nitrogen and oxygen atoms in total. The summed E-state index contributed by atoms with van der Waals surface area (Å²) in [5, 5.41) is 0. The second kappa shape index (κ2) is 6.46. The smallest absolute Gasteiger partial charge is 0.0229 e. The van der Waals surface area contributed by atoms with Gasteiger partial charge in [0.05, 0.1) is 0 Å². The van der Waals surface area contributed by atoms with Gasteiger partial charge in [0.15, 0.2) is 0 Å². The molecule has 0 aliphatic carbocycles. The molecule has 1 rings (SSSR count). The normalized spacial score (nSPS) is 25.0. The largest absolute Gasteiger partial charge is 0.329 e. The highest BCUT2D eigenvalue weighted by Crippen LogP contribution is 2.18. The maximum absolute atomic E-state index is 5.86. The third kappa shape index (κ3) is 3.74. The summed E-state index contributed by atoms with van der Waals surface area (Å²) >= 11 is 0. The Labute approximate surface area is 94.6 Å². The minimum atomic E-state index is 0.620. The number of likely N-dealkylation sites (tertiary alicyclic amines) is 1. The standard InChI is InChI=1S/C12H27N3/c1-4-5-6-11(9-13)15-8-7-12(10-15)14(2)3/h11-12H,4-10,13H2,1-3H3. The molecule has 1 fully saturated rings. The number of unbranched alkanes of at least 4 members (excludes halogenated alkanes) is 1. The lowest BCUT2D eigenvalue weighted by atomic mass is 10.1. The van der Waals surface area contributed by atoms with E-state index in [9.17, 15) is 0 Å². The molecule has 90 valence electrons. The summed E-state index contributed by atoms with van der Waals surface area (Å²) in [7, 11) is 4.36. The van der Waals surface area contributed by atoms with Crippen LogP contribution in [-0.4, -0.2) is 55.6 Å². The van der Waals surface area contributed by atoms with E-state index in [1.54, 1.807) is 0 Å². The van der Waals surface area contributed by atoms with Gasteiger partial charge in [-0.15, -0.1) is 0 Å². The number of likely N-dealkylation sites (N-methyl/N-ethyl adjacent to an activating group) is 1. The maximum Gasteiger partial charge on any atom is 0.0229 e. The molecule has 0 aromatic carbocycles. The zero-order valence-corrected chi connectivity index (χ0v) is 10.6. The van der Waals surface area contributed by atoms with Crippen LogP contribution in [0, 0.1) is 0 Å². The van der Waals surface area contributed by atoms with Gasteiger partial charge in [-0.3, -0.25) is 4.90 Å². The third-order valence-corrected chi connectivity index (χ3v) is 3.60. The summed E-state index contributed by atoms with van der Waals surface area (Å²) in [6.45, 7) is 5.51. The van der Waals surface area contributed by atoms with Crippen LogP contribution >= 0.6 is 0 Å². The SMILES string of the molecule is CCCCC(CN)N1CCC(N(C)C)C1. The fourth-order valence-corrected chi connectivity index (χ4v) is 2.41. The van der Waals surface area contributed by atoms with Crippen molar-refractivity contribution in [3.63, 3.8) is 0 Å².